The van der Waals surface area contributed by atoms with Crippen LogP contribution in [0.1, 0.15) is 12.5 Å². The second kappa shape index (κ2) is 2.31. The van der Waals surface area contributed by atoms with Crippen molar-refractivity contribution in [1.29, 1.82) is 0 Å². The molecule has 2 radical (unpaired) electrons. The third kappa shape index (κ3) is 1.14. The Morgan fingerprint density at radius 1 is 1.27 bits per heavy atom. The van der Waals surface area contributed by atoms with E-state index >= 15 is 0 Å². The molecule has 1 aliphatic rings. The van der Waals surface area contributed by atoms with Crippen LogP contribution in [-0.4, -0.2) is 14.9 Å². The van der Waals surface area contributed by atoms with E-state index in [1.807, 2.05) is 0 Å². The first-order chi connectivity index (χ1) is 5.25. The number of aryl methyl sites for hydroxylation is 1. The lowest BCUT2D eigenvalue weighted by Gasteiger charge is -1.96. The van der Waals surface area contributed by atoms with Gasteiger partial charge in [0, 0.05) is 5.33 Å². The molecule has 1 aliphatic heterocycles. The molecule has 1 aromatic rings. The van der Waals surface area contributed by atoms with Gasteiger partial charge < -0.3 is 0 Å². The highest BCUT2D eigenvalue weighted by atomic mass is 28.2. The minimum atomic E-state index is 0.800. The average molecular weight is 159 g/mol. The summed E-state index contributed by atoms with van der Waals surface area (Å²) in [5.74, 6) is 0. The van der Waals surface area contributed by atoms with Crippen LogP contribution in [0.25, 0.3) is 0 Å². The van der Waals surface area contributed by atoms with Crippen LogP contribution < -0.4 is 5.19 Å². The van der Waals surface area contributed by atoms with Crippen LogP contribution in [0.2, 0.25) is 0 Å². The first-order valence-corrected chi connectivity index (χ1v) is 4.69. The number of nitrogens with zero attached hydrogens (tertiary/aromatic N) is 1. The van der Waals surface area contributed by atoms with E-state index in [2.05, 4.69) is 37.0 Å². The zero-order chi connectivity index (χ0) is 7.84. The monoisotopic (exact) mass is 159 g/mol. The predicted molar refractivity (Wildman–Crippen MR) is 49.3 cm³/mol. The highest BCUT2D eigenvalue weighted by molar-refractivity contribution is 6.87. The minimum absolute atomic E-state index is 0.800. The van der Waals surface area contributed by atoms with Gasteiger partial charge in [0.15, 0.2) is 0 Å². The molecule has 1 heterocycles. The summed E-state index contributed by atoms with van der Waals surface area (Å²) in [4.78, 5) is 4.42. The molecule has 0 atom stereocenters. The molecular weight excluding hydrogens is 150 g/mol. The largest absolute Gasteiger partial charge is 0.263 e. The molecule has 2 rings (SSSR count). The van der Waals surface area contributed by atoms with E-state index in [1.54, 1.807) is 0 Å². The van der Waals surface area contributed by atoms with E-state index in [1.165, 1.54) is 21.8 Å². The van der Waals surface area contributed by atoms with Crippen molar-refractivity contribution in [3.63, 3.8) is 0 Å². The second-order valence-electron chi connectivity index (χ2n) is 2.84. The van der Waals surface area contributed by atoms with Crippen molar-refractivity contribution in [2.45, 2.75) is 13.8 Å². The fourth-order valence-electron chi connectivity index (χ4n) is 1.25. The lowest BCUT2D eigenvalue weighted by Crippen LogP contribution is -2.15. The molecule has 1 aromatic carbocycles. The van der Waals surface area contributed by atoms with Crippen LogP contribution in [0.5, 0.6) is 0 Å². The summed E-state index contributed by atoms with van der Waals surface area (Å²) in [5, 5.41) is 2.66. The first kappa shape index (κ1) is 6.79. The van der Waals surface area contributed by atoms with Gasteiger partial charge in [0.1, 0.15) is 9.52 Å². The Morgan fingerprint density at radius 3 is 2.91 bits per heavy atom. The minimum Gasteiger partial charge on any atom is -0.263 e. The molecule has 0 bridgehead atoms. The fourth-order valence-corrected chi connectivity index (χ4v) is 2.38. The van der Waals surface area contributed by atoms with E-state index in [0.29, 0.717) is 0 Å². The van der Waals surface area contributed by atoms with Crippen molar-refractivity contribution < 1.29 is 0 Å². The molecule has 0 spiro atoms. The molecule has 0 aromatic heterocycles. The van der Waals surface area contributed by atoms with E-state index in [4.69, 9.17) is 0 Å². The lowest BCUT2D eigenvalue weighted by atomic mass is 10.2. The number of fused-ring (bicyclic) bond motifs is 1. The van der Waals surface area contributed by atoms with Gasteiger partial charge in [-0.2, -0.15) is 0 Å². The zero-order valence-corrected chi connectivity index (χ0v) is 7.68. The maximum atomic E-state index is 4.42. The quantitative estimate of drug-likeness (QED) is 0.507. The molecule has 0 amide bonds. The molecule has 0 fully saturated rings. The lowest BCUT2D eigenvalue weighted by molar-refractivity contribution is 1.47. The summed E-state index contributed by atoms with van der Waals surface area (Å²) >= 11 is 0. The standard InChI is InChI=1S/C9H9NSi/c1-6-3-4-8-9(5-6)11-7(2)10-8/h3-5H,1-2H3. The highest BCUT2D eigenvalue weighted by Gasteiger charge is 2.11. The van der Waals surface area contributed by atoms with Gasteiger partial charge in [0.05, 0.1) is 5.69 Å². The SMILES string of the molecule is CC1=Nc2ccc(C)cc2[Si]1. The van der Waals surface area contributed by atoms with Crippen molar-refractivity contribution in [3.05, 3.63) is 23.8 Å². The maximum absolute atomic E-state index is 4.42. The molecule has 11 heavy (non-hydrogen) atoms. The van der Waals surface area contributed by atoms with Gasteiger partial charge in [-0.1, -0.05) is 17.7 Å². The van der Waals surface area contributed by atoms with Crippen LogP contribution in [0.3, 0.4) is 0 Å². The molecule has 0 aliphatic carbocycles. The Morgan fingerprint density at radius 2 is 2.09 bits per heavy atom. The Kier molecular flexibility index (Phi) is 1.43. The van der Waals surface area contributed by atoms with E-state index in [9.17, 15) is 0 Å². The summed E-state index contributed by atoms with van der Waals surface area (Å²) in [6.45, 7) is 4.21. The smallest absolute Gasteiger partial charge is 0.144 e. The molecule has 0 N–H and O–H groups in total. The normalized spacial score (nSPS) is 14.5. The summed E-state index contributed by atoms with van der Waals surface area (Å²) in [6.07, 6.45) is 0. The fraction of sp³-hybridized carbons (Fsp3) is 0.222. The number of benzene rings is 1. The molecular formula is C9H9NSi. The Hall–Kier alpha value is -0.893. The van der Waals surface area contributed by atoms with Gasteiger partial charge in [0.2, 0.25) is 0 Å². The van der Waals surface area contributed by atoms with Gasteiger partial charge in [-0.05, 0) is 25.1 Å². The number of aliphatic imine (C=N–C) groups is 1. The molecule has 2 heteroatoms. The van der Waals surface area contributed by atoms with Crippen LogP contribution in [-0.2, 0) is 0 Å². The predicted octanol–water partition coefficient (Wildman–Crippen LogP) is 1.39. The van der Waals surface area contributed by atoms with Crippen molar-refractivity contribution in [1.82, 2.24) is 0 Å². The van der Waals surface area contributed by atoms with E-state index in [0.717, 1.165) is 9.52 Å². The molecule has 0 saturated heterocycles. The third-order valence-corrected chi connectivity index (χ3v) is 2.90. The van der Waals surface area contributed by atoms with Gasteiger partial charge in [-0.3, -0.25) is 4.99 Å². The Labute approximate surface area is 69.0 Å². The highest BCUT2D eigenvalue weighted by Crippen LogP contribution is 2.14. The van der Waals surface area contributed by atoms with Crippen LogP contribution in [0.4, 0.5) is 5.69 Å². The Bertz CT molecular complexity index is 328. The van der Waals surface area contributed by atoms with Crippen molar-refractivity contribution in [2.24, 2.45) is 4.99 Å². The molecule has 0 unspecified atom stereocenters. The number of hydrogen-bond donors (Lipinski definition) is 0. The average Bonchev–Trinajstić information content (AvgIpc) is 2.27. The molecule has 1 nitrogen and oxygen atoms in total. The van der Waals surface area contributed by atoms with Crippen molar-refractivity contribution in [3.8, 4) is 0 Å². The topological polar surface area (TPSA) is 12.4 Å². The maximum Gasteiger partial charge on any atom is 0.144 e. The zero-order valence-electron chi connectivity index (χ0n) is 6.68. The van der Waals surface area contributed by atoms with Crippen LogP contribution >= 0.6 is 0 Å². The molecule has 0 saturated carbocycles. The number of hydrogen-bond acceptors (Lipinski definition) is 1. The Balaban J connectivity index is 2.52. The van der Waals surface area contributed by atoms with Crippen molar-refractivity contribution >= 4 is 25.7 Å². The first-order valence-electron chi connectivity index (χ1n) is 3.69. The summed E-state index contributed by atoms with van der Waals surface area (Å²) in [6, 6.07) is 6.45. The van der Waals surface area contributed by atoms with Crippen LogP contribution in [0.15, 0.2) is 23.2 Å². The van der Waals surface area contributed by atoms with Crippen LogP contribution in [0, 0.1) is 6.92 Å². The second-order valence-corrected chi connectivity index (χ2v) is 4.36. The summed E-state index contributed by atoms with van der Waals surface area (Å²) in [5.41, 5.74) is 2.51. The van der Waals surface area contributed by atoms with E-state index in [-0.39, 0.29) is 0 Å². The van der Waals surface area contributed by atoms with Gasteiger partial charge in [0.25, 0.3) is 0 Å². The summed E-state index contributed by atoms with van der Waals surface area (Å²) < 4.78 is 0. The van der Waals surface area contributed by atoms with E-state index < -0.39 is 0 Å². The summed E-state index contributed by atoms with van der Waals surface area (Å²) in [7, 11) is 0.800. The van der Waals surface area contributed by atoms with Gasteiger partial charge >= 0.3 is 0 Å². The number of rotatable bonds is 0. The third-order valence-electron chi connectivity index (χ3n) is 1.76. The van der Waals surface area contributed by atoms with Crippen molar-refractivity contribution in [2.75, 3.05) is 0 Å². The molecule has 54 valence electrons. The van der Waals surface area contributed by atoms with Gasteiger partial charge in [-0.25, -0.2) is 0 Å². The van der Waals surface area contributed by atoms with Gasteiger partial charge in [-0.15, -0.1) is 0 Å².